The number of nitrogens with one attached hydrogen (secondary N) is 2. The van der Waals surface area contributed by atoms with Gasteiger partial charge in [-0.15, -0.1) is 11.3 Å². The first-order valence-electron chi connectivity index (χ1n) is 11.7. The minimum Gasteiger partial charge on any atom is -0.351 e. The summed E-state index contributed by atoms with van der Waals surface area (Å²) in [4.78, 5) is 38.0. The molecule has 9 heteroatoms. The van der Waals surface area contributed by atoms with Crippen LogP contribution in [-0.4, -0.2) is 50.2 Å². The number of nitrogens with two attached hydrogens (primary N) is 1. The van der Waals surface area contributed by atoms with Crippen LogP contribution in [0.25, 0.3) is 10.9 Å². The summed E-state index contributed by atoms with van der Waals surface area (Å²) in [6.45, 7) is 8.33. The summed E-state index contributed by atoms with van der Waals surface area (Å²) in [5, 5.41) is 4.95. The van der Waals surface area contributed by atoms with Crippen molar-refractivity contribution in [3.8, 4) is 0 Å². The second-order valence-corrected chi connectivity index (χ2v) is 12.0. The van der Waals surface area contributed by atoms with Gasteiger partial charge >= 0.3 is 0 Å². The molecule has 3 heterocycles. The largest absolute Gasteiger partial charge is 0.351 e. The van der Waals surface area contributed by atoms with E-state index in [-0.39, 0.29) is 17.2 Å². The zero-order chi connectivity index (χ0) is 24.3. The molecule has 1 aliphatic carbocycles. The van der Waals surface area contributed by atoms with Gasteiger partial charge in [-0.05, 0) is 64.3 Å². The van der Waals surface area contributed by atoms with Crippen LogP contribution in [0.1, 0.15) is 70.9 Å². The molecule has 0 radical (unpaired) electrons. The summed E-state index contributed by atoms with van der Waals surface area (Å²) in [6, 6.07) is 6.74. The molecule has 0 spiro atoms. The first kappa shape index (κ1) is 23.5. The zero-order valence-corrected chi connectivity index (χ0v) is 21.3. The number of aromatic nitrogens is 2. The van der Waals surface area contributed by atoms with Crippen LogP contribution in [0.15, 0.2) is 24.3 Å². The number of amides is 1. The van der Waals surface area contributed by atoms with Crippen LogP contribution in [0.2, 0.25) is 5.02 Å². The van der Waals surface area contributed by atoms with Gasteiger partial charge in [0.25, 0.3) is 5.91 Å². The molecule has 1 aromatic carbocycles. The van der Waals surface area contributed by atoms with E-state index in [2.05, 4.69) is 36.0 Å². The number of fused-ring (bicyclic) bond motifs is 2. The average Bonchev–Trinajstić information content (AvgIpc) is 3.48. The van der Waals surface area contributed by atoms with Gasteiger partial charge in [-0.25, -0.2) is 4.98 Å². The Bertz CT molecular complexity index is 1280. The normalized spacial score (nSPS) is 23.3. The van der Waals surface area contributed by atoms with Crippen molar-refractivity contribution in [2.24, 2.45) is 5.73 Å². The second-order valence-electron chi connectivity index (χ2n) is 10.4. The molecule has 1 fully saturated rings. The summed E-state index contributed by atoms with van der Waals surface area (Å²) in [7, 11) is 0. The zero-order valence-electron chi connectivity index (χ0n) is 19.7. The third-order valence-electron chi connectivity index (χ3n) is 7.13. The molecule has 34 heavy (non-hydrogen) atoms. The number of carbonyl (C=O) groups is 2. The van der Waals surface area contributed by atoms with Crippen LogP contribution in [-0.2, 0) is 13.0 Å². The highest BCUT2D eigenvalue weighted by atomic mass is 35.5. The molecular weight excluding hydrogens is 470 g/mol. The van der Waals surface area contributed by atoms with Crippen LogP contribution < -0.4 is 11.1 Å². The van der Waals surface area contributed by atoms with E-state index < -0.39 is 11.6 Å². The fourth-order valence-electron chi connectivity index (χ4n) is 5.03. The summed E-state index contributed by atoms with van der Waals surface area (Å²) in [5.41, 5.74) is 7.88. The predicted octanol–water partition coefficient (Wildman–Crippen LogP) is 4.30. The van der Waals surface area contributed by atoms with Gasteiger partial charge in [0.1, 0.15) is 11.2 Å². The van der Waals surface area contributed by atoms with E-state index in [0.717, 1.165) is 47.4 Å². The van der Waals surface area contributed by atoms with Gasteiger partial charge in [0.15, 0.2) is 5.01 Å². The van der Waals surface area contributed by atoms with E-state index in [1.54, 1.807) is 12.1 Å². The lowest BCUT2D eigenvalue weighted by Gasteiger charge is -2.37. The molecule has 2 unspecified atom stereocenters. The summed E-state index contributed by atoms with van der Waals surface area (Å²) in [5.74, 6) is -0.443. The van der Waals surface area contributed by atoms with Crippen molar-refractivity contribution in [3.05, 3.63) is 50.6 Å². The third-order valence-corrected chi connectivity index (χ3v) is 8.45. The fraction of sp³-hybridized carbons (Fsp3) is 0.480. The van der Waals surface area contributed by atoms with Crippen LogP contribution >= 0.6 is 22.9 Å². The topological polar surface area (TPSA) is 104 Å². The summed E-state index contributed by atoms with van der Waals surface area (Å²) >= 11 is 7.52. The molecular formula is C25H30ClN5O2S. The van der Waals surface area contributed by atoms with E-state index in [9.17, 15) is 9.59 Å². The molecule has 180 valence electrons. The van der Waals surface area contributed by atoms with Crippen molar-refractivity contribution in [2.45, 2.75) is 70.1 Å². The van der Waals surface area contributed by atoms with Crippen molar-refractivity contribution in [3.63, 3.8) is 0 Å². The molecule has 0 bridgehead atoms. The number of hydrogen-bond acceptors (Lipinski definition) is 6. The summed E-state index contributed by atoms with van der Waals surface area (Å²) in [6.07, 6.45) is 2.79. The predicted molar refractivity (Wildman–Crippen MR) is 136 cm³/mol. The molecule has 7 nitrogen and oxygen atoms in total. The minimum atomic E-state index is -1.16. The van der Waals surface area contributed by atoms with Gasteiger partial charge in [0.2, 0.25) is 5.78 Å². The molecule has 4 N–H and O–H groups in total. The molecule has 2 atom stereocenters. The highest BCUT2D eigenvalue weighted by Crippen LogP contribution is 2.35. The quantitative estimate of drug-likeness (QED) is 0.464. The Kier molecular flexibility index (Phi) is 5.83. The Hall–Kier alpha value is -2.26. The SMILES string of the molecule is CC(C)(C)N1CCc2nc(C(=O)C3(N)CCCC3NC(=O)c3cc4cc(Cl)ccc4[nH]3)sc2C1. The Morgan fingerprint density at radius 1 is 1.32 bits per heavy atom. The van der Waals surface area contributed by atoms with Crippen molar-refractivity contribution in [2.75, 3.05) is 6.54 Å². The Morgan fingerprint density at radius 3 is 2.88 bits per heavy atom. The van der Waals surface area contributed by atoms with Crippen molar-refractivity contribution >= 4 is 45.5 Å². The number of benzene rings is 1. The maximum atomic E-state index is 13.6. The number of hydrogen-bond donors (Lipinski definition) is 3. The van der Waals surface area contributed by atoms with E-state index >= 15 is 0 Å². The van der Waals surface area contributed by atoms with Gasteiger partial charge in [-0.1, -0.05) is 11.6 Å². The average molecular weight is 500 g/mol. The van der Waals surface area contributed by atoms with Crippen molar-refractivity contribution in [1.29, 1.82) is 0 Å². The van der Waals surface area contributed by atoms with E-state index in [1.807, 2.05) is 12.1 Å². The Balaban J connectivity index is 1.34. The molecule has 1 aliphatic heterocycles. The van der Waals surface area contributed by atoms with Crippen LogP contribution in [0, 0.1) is 0 Å². The number of aromatic amines is 1. The maximum absolute atomic E-state index is 13.6. The number of H-pyrrole nitrogens is 1. The Labute approximate surface area is 208 Å². The second kappa shape index (κ2) is 8.45. The number of Topliss-reactive ketones (excluding diaryl/α,β-unsaturated/α-hetero) is 1. The fourth-order valence-corrected chi connectivity index (χ4v) is 6.37. The molecule has 2 aromatic heterocycles. The molecule has 3 aromatic rings. The van der Waals surface area contributed by atoms with Crippen LogP contribution in [0.4, 0.5) is 0 Å². The van der Waals surface area contributed by atoms with Crippen LogP contribution in [0.5, 0.6) is 0 Å². The van der Waals surface area contributed by atoms with Gasteiger partial charge < -0.3 is 16.0 Å². The number of ketones is 1. The molecule has 2 aliphatic rings. The van der Waals surface area contributed by atoms with E-state index in [1.165, 1.54) is 11.3 Å². The van der Waals surface area contributed by atoms with Crippen molar-refractivity contribution < 1.29 is 9.59 Å². The minimum absolute atomic E-state index is 0.0652. The summed E-state index contributed by atoms with van der Waals surface area (Å²) < 4.78 is 0. The first-order chi connectivity index (χ1) is 16.0. The number of nitrogens with zero attached hydrogens (tertiary/aromatic N) is 2. The van der Waals surface area contributed by atoms with Gasteiger partial charge in [0.05, 0.1) is 11.7 Å². The monoisotopic (exact) mass is 499 g/mol. The van der Waals surface area contributed by atoms with E-state index in [0.29, 0.717) is 28.6 Å². The number of halogens is 1. The molecule has 1 amide bonds. The molecule has 1 saturated carbocycles. The number of rotatable bonds is 4. The smallest absolute Gasteiger partial charge is 0.268 e. The third kappa shape index (κ3) is 4.17. The highest BCUT2D eigenvalue weighted by Gasteiger charge is 2.48. The lowest BCUT2D eigenvalue weighted by molar-refractivity contribution is 0.0832. The number of thiazole rings is 1. The van der Waals surface area contributed by atoms with Gasteiger partial charge in [0, 0.05) is 45.9 Å². The van der Waals surface area contributed by atoms with Gasteiger partial charge in [-0.3, -0.25) is 14.5 Å². The molecule has 0 saturated heterocycles. The lowest BCUT2D eigenvalue weighted by atomic mass is 9.89. The number of carbonyl (C=O) groups excluding carboxylic acids is 2. The van der Waals surface area contributed by atoms with Crippen molar-refractivity contribution in [1.82, 2.24) is 20.2 Å². The van der Waals surface area contributed by atoms with Gasteiger partial charge in [-0.2, -0.15) is 0 Å². The highest BCUT2D eigenvalue weighted by molar-refractivity contribution is 7.13. The lowest BCUT2D eigenvalue weighted by Crippen LogP contribution is -2.60. The van der Waals surface area contributed by atoms with Crippen LogP contribution in [0.3, 0.4) is 0 Å². The standard InChI is InChI=1S/C25H30ClN5O2S/c1-24(2,3)31-10-8-17-19(13-31)34-23(29-17)21(32)25(27)9-4-5-20(25)30-22(33)18-12-14-11-15(26)6-7-16(14)28-18/h6-7,11-12,20,28H,4-5,8-10,13,27H2,1-3H3,(H,30,33). The first-order valence-corrected chi connectivity index (χ1v) is 12.9. The van der Waals surface area contributed by atoms with E-state index in [4.69, 9.17) is 22.3 Å². The Morgan fingerprint density at radius 2 is 2.12 bits per heavy atom. The molecule has 5 rings (SSSR count). The maximum Gasteiger partial charge on any atom is 0.268 e.